The maximum atomic E-state index is 12.1. The predicted octanol–water partition coefficient (Wildman–Crippen LogP) is 0.0715. The number of aliphatic hydroxyl groups is 3. The molecule has 25 nitrogen and oxygen atoms in total. The average molecular weight is 1100 g/mol. The molecular weight excluding hydrogens is 1040 g/mol. The van der Waals surface area contributed by atoms with Crippen molar-refractivity contribution in [2.75, 3.05) is 52.9 Å². The van der Waals surface area contributed by atoms with Gasteiger partial charge in [0.25, 0.3) is 0 Å². The SMILES string of the molecule is C.CC1CC(=O)OC1=O.NC1COC(=O)CC(c2ccccc2)C(=O)OC1.[B]C(=O)NC(CO)CO.[B]C(=O)NC(CO)COC(=O)CC(C(=O)O)c1ccccc1.[B]C(=O)NC1COC(=O)CC(c2ccccc2)C(=O)OC1. The monoisotopic (exact) mass is 1100 g/mol. The Balaban J connectivity index is 0.000000515. The molecule has 6 rings (SSSR count). The summed E-state index contributed by atoms with van der Waals surface area (Å²) >= 11 is 0. The van der Waals surface area contributed by atoms with Crippen molar-refractivity contribution in [2.45, 2.75) is 82.0 Å². The number of benzene rings is 3. The first-order valence-corrected chi connectivity index (χ1v) is 23.7. The fourth-order valence-electron chi connectivity index (χ4n) is 6.58. The lowest BCUT2D eigenvalue weighted by Gasteiger charge is -2.17. The standard InChI is InChI=1S/C14H16BNO6.C14H14BNO5.C13H15NO4.C5H6O3.C4H8BNO3.CH4/c15-14(21)16-10(7-17)8-22-12(18)6-11(13(19)20)9-4-2-1-3-5-9;15-14(19)16-10-7-20-12(17)6-11(13(18)21-8-10)9-4-2-1-3-5-9;14-10-7-17-12(15)6-11(13(16)18-8-10)9-4-2-1-3-5-9;1-3-2-4(6)8-5(3)7;5-4(9)6-3(1-7)2-8;/h1-5,10-11,17H,6-8H2,(H,16,21)(H,19,20);1-5,10-11H,6-8H2,(H,16,19);1-5,10-11H,6-8,14H2;3H,2H2,1H3;3,7-8H,1-2H2,(H,6,9);1H4. The molecule has 3 amide bonds. The molecule has 7 atom stereocenters. The van der Waals surface area contributed by atoms with Crippen LogP contribution in [-0.4, -0.2) is 186 Å². The molecular formula is C51H63B3N4O21. The molecule has 0 bridgehead atoms. The number of aliphatic hydroxyl groups excluding tert-OH is 3. The van der Waals surface area contributed by atoms with Gasteiger partial charge in [-0.3, -0.25) is 52.7 Å². The van der Waals surface area contributed by atoms with Crippen LogP contribution in [0.3, 0.4) is 0 Å². The van der Waals surface area contributed by atoms with Crippen molar-refractivity contribution in [1.82, 2.24) is 16.0 Å². The number of carboxylic acid groups (broad SMARTS) is 1. The summed E-state index contributed by atoms with van der Waals surface area (Å²) in [7, 11) is 14.6. The third-order valence-corrected chi connectivity index (χ3v) is 10.6. The van der Waals surface area contributed by atoms with Gasteiger partial charge in [0, 0.05) is 0 Å². The largest absolute Gasteiger partial charge is 0.481 e. The minimum atomic E-state index is -1.14. The predicted molar refractivity (Wildman–Crippen MR) is 279 cm³/mol. The van der Waals surface area contributed by atoms with Crippen molar-refractivity contribution in [3.8, 4) is 0 Å². The lowest BCUT2D eigenvalue weighted by Crippen LogP contribution is -2.41. The molecule has 3 heterocycles. The molecule has 6 radical (unpaired) electrons. The number of rotatable bonds is 14. The van der Waals surface area contributed by atoms with Crippen LogP contribution in [0.1, 0.15) is 74.5 Å². The molecule has 0 saturated carbocycles. The number of esters is 7. The van der Waals surface area contributed by atoms with Gasteiger partial charge in [-0.15, -0.1) is 0 Å². The summed E-state index contributed by atoms with van der Waals surface area (Å²) in [5.74, 6) is -9.57. The highest BCUT2D eigenvalue weighted by molar-refractivity contribution is 6.57. The van der Waals surface area contributed by atoms with Crippen LogP contribution in [0.4, 0.5) is 14.4 Å². The second-order valence-corrected chi connectivity index (χ2v) is 17.0. The zero-order valence-corrected chi connectivity index (χ0v) is 42.3. The molecule has 0 aromatic heterocycles. The summed E-state index contributed by atoms with van der Waals surface area (Å²) in [5, 5.41) is 41.5. The number of carboxylic acids is 1. The van der Waals surface area contributed by atoms with E-state index in [1.165, 1.54) is 0 Å². The molecule has 3 aliphatic heterocycles. The Morgan fingerprint density at radius 3 is 1.43 bits per heavy atom. The zero-order chi connectivity index (χ0) is 58.2. The van der Waals surface area contributed by atoms with Gasteiger partial charge in [0.1, 0.15) is 33.0 Å². The third kappa shape index (κ3) is 28.3. The first-order chi connectivity index (χ1) is 37.1. The van der Waals surface area contributed by atoms with Crippen molar-refractivity contribution in [2.24, 2.45) is 11.7 Å². The molecule has 3 aromatic rings. The molecule has 28 heteroatoms. The molecule has 7 unspecified atom stereocenters. The van der Waals surface area contributed by atoms with Crippen LogP contribution in [0.15, 0.2) is 91.0 Å². The Kier molecular flexibility index (Phi) is 33.0. The average Bonchev–Trinajstić information content (AvgIpc) is 3.77. The van der Waals surface area contributed by atoms with Gasteiger partial charge in [-0.1, -0.05) is 105 Å². The maximum absolute atomic E-state index is 12.1. The van der Waals surface area contributed by atoms with Crippen LogP contribution < -0.4 is 21.7 Å². The van der Waals surface area contributed by atoms with E-state index in [1.807, 2.05) is 24.3 Å². The van der Waals surface area contributed by atoms with Gasteiger partial charge in [0.05, 0.1) is 93.3 Å². The van der Waals surface area contributed by atoms with Gasteiger partial charge in [-0.25, -0.2) is 0 Å². The summed E-state index contributed by atoms with van der Waals surface area (Å²) in [6.45, 7) is 0.265. The maximum Gasteiger partial charge on any atom is 0.316 e. The number of aliphatic carboxylic acids is 1. The topological polar surface area (TPSA) is 386 Å². The molecule has 3 aliphatic rings. The van der Waals surface area contributed by atoms with Gasteiger partial charge in [-0.2, -0.15) is 0 Å². The molecule has 3 saturated heterocycles. The van der Waals surface area contributed by atoms with E-state index in [0.717, 1.165) is 5.56 Å². The first-order valence-electron chi connectivity index (χ1n) is 23.7. The third-order valence-electron chi connectivity index (χ3n) is 10.6. The highest BCUT2D eigenvalue weighted by Crippen LogP contribution is 2.25. The van der Waals surface area contributed by atoms with E-state index in [4.69, 9.17) is 60.4 Å². The number of cyclic esters (lactones) is 6. The number of carbonyl (C=O) groups is 11. The van der Waals surface area contributed by atoms with Crippen molar-refractivity contribution in [1.29, 1.82) is 0 Å². The molecule has 0 spiro atoms. The normalized spacial score (nSPS) is 19.5. The van der Waals surface area contributed by atoms with Crippen molar-refractivity contribution >= 4 is 88.7 Å². The second-order valence-electron chi connectivity index (χ2n) is 17.0. The Morgan fingerprint density at radius 2 is 1.04 bits per heavy atom. The Hall–Kier alpha value is -7.94. The lowest BCUT2D eigenvalue weighted by molar-refractivity contribution is -0.153. The number of ether oxygens (including phenoxy) is 6. The number of hydrogen-bond acceptors (Lipinski definition) is 21. The summed E-state index contributed by atoms with van der Waals surface area (Å²) in [6.07, 6.45) is -0.228. The zero-order valence-electron chi connectivity index (χ0n) is 42.3. The highest BCUT2D eigenvalue weighted by Gasteiger charge is 2.31. The van der Waals surface area contributed by atoms with E-state index in [2.05, 4.69) is 28.5 Å². The fraction of sp³-hybridized carbons (Fsp3) is 0.431. The summed E-state index contributed by atoms with van der Waals surface area (Å²) in [4.78, 5) is 122. The number of hydrogen-bond donors (Lipinski definition) is 8. The van der Waals surface area contributed by atoms with Gasteiger partial charge in [0.15, 0.2) is 17.4 Å². The van der Waals surface area contributed by atoms with E-state index in [0.29, 0.717) is 11.1 Å². The van der Waals surface area contributed by atoms with Crippen molar-refractivity contribution in [3.63, 3.8) is 0 Å². The smallest absolute Gasteiger partial charge is 0.316 e. The summed E-state index contributed by atoms with van der Waals surface area (Å²) in [6, 6.07) is 23.6. The van der Waals surface area contributed by atoms with Gasteiger partial charge in [-0.05, 0) is 16.7 Å². The van der Waals surface area contributed by atoms with E-state index in [9.17, 15) is 57.8 Å². The molecule has 3 fully saturated rings. The highest BCUT2D eigenvalue weighted by atomic mass is 16.6. The molecule has 0 aliphatic carbocycles. The quantitative estimate of drug-likeness (QED) is 0.0458. The lowest BCUT2D eigenvalue weighted by atomic mass is 9.96. The van der Waals surface area contributed by atoms with Crippen LogP contribution in [0.25, 0.3) is 0 Å². The number of nitrogens with two attached hydrogens (primary N) is 1. The Morgan fingerprint density at radius 1 is 0.608 bits per heavy atom. The van der Waals surface area contributed by atoms with E-state index >= 15 is 0 Å². The van der Waals surface area contributed by atoms with E-state index in [-0.39, 0.29) is 85.3 Å². The second kappa shape index (κ2) is 37.8. The van der Waals surface area contributed by atoms with Crippen molar-refractivity contribution in [3.05, 3.63) is 108 Å². The van der Waals surface area contributed by atoms with Crippen LogP contribution >= 0.6 is 0 Å². The van der Waals surface area contributed by atoms with E-state index in [1.54, 1.807) is 73.7 Å². The van der Waals surface area contributed by atoms with Crippen LogP contribution in [0.5, 0.6) is 0 Å². The number of amides is 3. The Bertz CT molecular complexity index is 2440. The Labute approximate surface area is 459 Å². The molecule has 79 heavy (non-hydrogen) atoms. The summed E-state index contributed by atoms with van der Waals surface area (Å²) in [5.41, 5.74) is 7.54. The number of nitrogens with one attached hydrogen (secondary N) is 3. The number of carbonyl (C=O) groups excluding carboxylic acids is 10. The molecule has 9 N–H and O–H groups in total. The van der Waals surface area contributed by atoms with Crippen LogP contribution in [0.2, 0.25) is 0 Å². The van der Waals surface area contributed by atoms with Gasteiger partial charge < -0.3 is 70.5 Å². The summed E-state index contributed by atoms with van der Waals surface area (Å²) < 4.78 is 29.3. The van der Waals surface area contributed by atoms with Crippen LogP contribution in [-0.2, 0) is 66.8 Å². The minimum absolute atomic E-state index is 0. The fourth-order valence-corrected chi connectivity index (χ4v) is 6.58. The first kappa shape index (κ1) is 69.1. The minimum Gasteiger partial charge on any atom is -0.481 e. The molecule has 422 valence electrons. The van der Waals surface area contributed by atoms with E-state index < -0.39 is 114 Å². The van der Waals surface area contributed by atoms with Crippen molar-refractivity contribution < 1.29 is 102 Å². The van der Waals surface area contributed by atoms with Crippen LogP contribution in [0, 0.1) is 5.92 Å². The van der Waals surface area contributed by atoms with Gasteiger partial charge in [0.2, 0.25) is 23.5 Å². The molecule has 3 aromatic carbocycles. The van der Waals surface area contributed by atoms with Gasteiger partial charge >= 0.3 is 47.8 Å².